The summed E-state index contributed by atoms with van der Waals surface area (Å²) in [5.74, 6) is -0.975. The van der Waals surface area contributed by atoms with E-state index in [4.69, 9.17) is 4.74 Å². The lowest BCUT2D eigenvalue weighted by Gasteiger charge is -2.14. The van der Waals surface area contributed by atoms with Crippen LogP contribution in [-0.4, -0.2) is 41.2 Å². The van der Waals surface area contributed by atoms with Crippen LogP contribution in [0.1, 0.15) is 34.2 Å². The molecule has 0 aliphatic heterocycles. The first-order chi connectivity index (χ1) is 13.3. The van der Waals surface area contributed by atoms with Gasteiger partial charge in [0.1, 0.15) is 0 Å². The van der Waals surface area contributed by atoms with Crippen LogP contribution in [0.25, 0.3) is 0 Å². The highest BCUT2D eigenvalue weighted by atomic mass is 32.2. The van der Waals surface area contributed by atoms with E-state index in [1.165, 1.54) is 18.7 Å². The molecule has 0 unspecified atom stereocenters. The van der Waals surface area contributed by atoms with Crippen molar-refractivity contribution in [3.8, 4) is 0 Å². The minimum absolute atomic E-state index is 0.331. The lowest BCUT2D eigenvalue weighted by molar-refractivity contribution is -0.128. The molecule has 2 amide bonds. The van der Waals surface area contributed by atoms with E-state index in [-0.39, 0.29) is 0 Å². The van der Waals surface area contributed by atoms with Crippen LogP contribution in [0.3, 0.4) is 0 Å². The number of nitrogens with zero attached hydrogens (tertiary/aromatic N) is 2. The number of imide groups is 1. The number of alkyl carbamates (subject to hydrolysis) is 1. The summed E-state index contributed by atoms with van der Waals surface area (Å²) >= 11 is 1.40. The molecule has 0 fully saturated rings. The molecule has 1 heterocycles. The van der Waals surface area contributed by atoms with Crippen molar-refractivity contribution < 1.29 is 23.9 Å². The summed E-state index contributed by atoms with van der Waals surface area (Å²) in [6, 6.07) is 8.81. The van der Waals surface area contributed by atoms with Gasteiger partial charge in [-0.15, -0.1) is 0 Å². The summed E-state index contributed by atoms with van der Waals surface area (Å²) < 4.78 is 9.52. The van der Waals surface area contributed by atoms with Crippen molar-refractivity contribution in [2.75, 3.05) is 7.11 Å². The molecule has 1 atom stereocenters. The Morgan fingerprint density at radius 3 is 2.43 bits per heavy atom. The van der Waals surface area contributed by atoms with E-state index < -0.39 is 24.1 Å². The molecule has 0 aliphatic carbocycles. The number of methoxy groups -OCH3 is 1. The minimum atomic E-state index is -1.16. The fourth-order valence-corrected chi connectivity index (χ4v) is 3.23. The molecule has 0 radical (unpaired) electrons. The van der Waals surface area contributed by atoms with E-state index in [0.717, 1.165) is 24.1 Å². The SMILES string of the molecule is COC(=O)NC(=O)[C@H](C)OC(=O)c1ccccc1CSc1nc(C)cc(C)n1. The smallest absolute Gasteiger partial charge is 0.413 e. The van der Waals surface area contributed by atoms with Crippen molar-refractivity contribution in [2.45, 2.75) is 37.8 Å². The van der Waals surface area contributed by atoms with Crippen LogP contribution in [0, 0.1) is 13.8 Å². The van der Waals surface area contributed by atoms with Crippen molar-refractivity contribution in [1.29, 1.82) is 0 Å². The number of aromatic nitrogens is 2. The zero-order valence-electron chi connectivity index (χ0n) is 16.0. The fraction of sp³-hybridized carbons (Fsp3) is 0.316. The average molecular weight is 403 g/mol. The largest absolute Gasteiger partial charge is 0.453 e. The Balaban J connectivity index is 2.06. The molecular formula is C19H21N3O5S. The van der Waals surface area contributed by atoms with Crippen molar-refractivity contribution in [1.82, 2.24) is 15.3 Å². The van der Waals surface area contributed by atoms with Crippen LogP contribution in [0.5, 0.6) is 0 Å². The molecule has 28 heavy (non-hydrogen) atoms. The summed E-state index contributed by atoms with van der Waals surface area (Å²) in [5, 5.41) is 2.58. The Morgan fingerprint density at radius 1 is 1.14 bits per heavy atom. The topological polar surface area (TPSA) is 107 Å². The van der Waals surface area contributed by atoms with Crippen molar-refractivity contribution in [2.24, 2.45) is 0 Å². The highest BCUT2D eigenvalue weighted by molar-refractivity contribution is 7.98. The van der Waals surface area contributed by atoms with Gasteiger partial charge in [-0.3, -0.25) is 10.1 Å². The first-order valence-corrected chi connectivity index (χ1v) is 9.41. The summed E-state index contributed by atoms with van der Waals surface area (Å²) in [4.78, 5) is 44.2. The predicted octanol–water partition coefficient (Wildman–Crippen LogP) is 2.81. The fourth-order valence-electron chi connectivity index (χ4n) is 2.28. The zero-order valence-corrected chi connectivity index (χ0v) is 16.8. The number of amides is 2. The van der Waals surface area contributed by atoms with Gasteiger partial charge in [0.25, 0.3) is 5.91 Å². The molecule has 1 N–H and O–H groups in total. The molecule has 0 saturated carbocycles. The first kappa shape index (κ1) is 21.4. The van der Waals surface area contributed by atoms with E-state index in [1.807, 2.05) is 31.3 Å². The van der Waals surface area contributed by atoms with Crippen LogP contribution in [0.4, 0.5) is 4.79 Å². The van der Waals surface area contributed by atoms with Gasteiger partial charge in [-0.1, -0.05) is 30.0 Å². The van der Waals surface area contributed by atoms with Gasteiger partial charge in [0.15, 0.2) is 11.3 Å². The molecule has 2 rings (SSSR count). The predicted molar refractivity (Wildman–Crippen MR) is 103 cm³/mol. The van der Waals surface area contributed by atoms with Gasteiger partial charge in [-0.25, -0.2) is 19.6 Å². The third-order valence-electron chi connectivity index (χ3n) is 3.62. The van der Waals surface area contributed by atoms with Gasteiger partial charge in [-0.2, -0.15) is 0 Å². The van der Waals surface area contributed by atoms with Gasteiger partial charge in [0.05, 0.1) is 12.7 Å². The number of carbonyl (C=O) groups excluding carboxylic acids is 3. The Bertz CT molecular complexity index is 867. The lowest BCUT2D eigenvalue weighted by Crippen LogP contribution is -2.39. The average Bonchev–Trinajstić information content (AvgIpc) is 2.65. The highest BCUT2D eigenvalue weighted by Crippen LogP contribution is 2.23. The Morgan fingerprint density at radius 2 is 1.79 bits per heavy atom. The Labute approximate surface area is 167 Å². The number of esters is 1. The summed E-state index contributed by atoms with van der Waals surface area (Å²) in [6.45, 7) is 5.16. The quantitative estimate of drug-likeness (QED) is 0.446. The molecule has 8 nitrogen and oxygen atoms in total. The third-order valence-corrected chi connectivity index (χ3v) is 4.52. The molecule has 0 spiro atoms. The minimum Gasteiger partial charge on any atom is -0.453 e. The molecule has 9 heteroatoms. The maximum Gasteiger partial charge on any atom is 0.413 e. The van der Waals surface area contributed by atoms with Crippen molar-refractivity contribution >= 4 is 29.7 Å². The second kappa shape index (κ2) is 9.84. The summed E-state index contributed by atoms with van der Waals surface area (Å²) in [7, 11) is 1.13. The van der Waals surface area contributed by atoms with Crippen LogP contribution in [0.15, 0.2) is 35.5 Å². The van der Waals surface area contributed by atoms with Gasteiger partial charge in [0, 0.05) is 17.1 Å². The van der Waals surface area contributed by atoms with Crippen LogP contribution in [-0.2, 0) is 20.0 Å². The van der Waals surface area contributed by atoms with Gasteiger partial charge in [0.2, 0.25) is 0 Å². The van der Waals surface area contributed by atoms with E-state index in [0.29, 0.717) is 16.5 Å². The molecule has 2 aromatic rings. The van der Waals surface area contributed by atoms with E-state index in [1.54, 1.807) is 18.2 Å². The molecular weight excluding hydrogens is 382 g/mol. The van der Waals surface area contributed by atoms with E-state index in [9.17, 15) is 14.4 Å². The number of rotatable bonds is 6. The first-order valence-electron chi connectivity index (χ1n) is 8.43. The summed E-state index contributed by atoms with van der Waals surface area (Å²) in [6.07, 6.45) is -2.08. The second-order valence-corrected chi connectivity index (χ2v) is 6.85. The van der Waals surface area contributed by atoms with Crippen LogP contribution in [0.2, 0.25) is 0 Å². The standard InChI is InChI=1S/C19H21N3O5S/c1-11-9-12(2)21-18(20-11)28-10-14-7-5-6-8-15(14)17(24)27-13(3)16(23)22-19(25)26-4/h5-9,13H,10H2,1-4H3,(H,22,23,25)/t13-/m0/s1. The number of thioether (sulfide) groups is 1. The number of carbonyl (C=O) groups is 3. The van der Waals surface area contributed by atoms with Crippen molar-refractivity contribution in [3.63, 3.8) is 0 Å². The monoisotopic (exact) mass is 403 g/mol. The lowest BCUT2D eigenvalue weighted by atomic mass is 10.1. The molecule has 1 aromatic heterocycles. The maximum atomic E-state index is 12.5. The van der Waals surface area contributed by atoms with Crippen LogP contribution < -0.4 is 5.32 Å². The Hall–Kier alpha value is -2.94. The number of ether oxygens (including phenoxy) is 2. The van der Waals surface area contributed by atoms with Gasteiger partial charge < -0.3 is 9.47 Å². The molecule has 148 valence electrons. The normalized spacial score (nSPS) is 11.4. The number of nitrogens with one attached hydrogen (secondary N) is 1. The highest BCUT2D eigenvalue weighted by Gasteiger charge is 2.22. The van der Waals surface area contributed by atoms with Gasteiger partial charge in [-0.05, 0) is 38.5 Å². The zero-order chi connectivity index (χ0) is 20.7. The number of aryl methyl sites for hydroxylation is 2. The Kier molecular flexibility index (Phi) is 7.51. The molecule has 1 aromatic carbocycles. The molecule has 0 saturated heterocycles. The van der Waals surface area contributed by atoms with E-state index >= 15 is 0 Å². The van der Waals surface area contributed by atoms with Gasteiger partial charge >= 0.3 is 12.1 Å². The number of hydrogen-bond acceptors (Lipinski definition) is 8. The van der Waals surface area contributed by atoms with E-state index in [2.05, 4.69) is 14.7 Å². The van der Waals surface area contributed by atoms with Crippen molar-refractivity contribution in [3.05, 3.63) is 52.8 Å². The van der Waals surface area contributed by atoms with Crippen LogP contribution >= 0.6 is 11.8 Å². The second-order valence-electron chi connectivity index (χ2n) is 5.91. The summed E-state index contributed by atoms with van der Waals surface area (Å²) in [5.41, 5.74) is 2.79. The third kappa shape index (κ3) is 6.05. The number of hydrogen-bond donors (Lipinski definition) is 1. The number of benzene rings is 1. The molecule has 0 bridgehead atoms. The molecule has 0 aliphatic rings. The maximum absolute atomic E-state index is 12.5.